The molecule has 3 saturated carbocycles. The van der Waals surface area contributed by atoms with Crippen molar-refractivity contribution in [1.29, 1.82) is 0 Å². The molecular weight excluding hydrogens is 397 g/mol. The van der Waals surface area contributed by atoms with Crippen LogP contribution >= 0.6 is 11.6 Å². The van der Waals surface area contributed by atoms with Crippen LogP contribution in [0.4, 0.5) is 4.39 Å². The van der Waals surface area contributed by atoms with Gasteiger partial charge >= 0.3 is 0 Å². The van der Waals surface area contributed by atoms with Gasteiger partial charge in [-0.15, -0.1) is 0 Å². The first-order valence-electron chi connectivity index (χ1n) is 9.38. The second-order valence-electron chi connectivity index (χ2n) is 8.04. The Morgan fingerprint density at radius 3 is 2.45 bits per heavy atom. The van der Waals surface area contributed by atoms with E-state index in [0.29, 0.717) is 25.7 Å². The third-order valence-corrected chi connectivity index (χ3v) is 5.74. The van der Waals surface area contributed by atoms with Crippen molar-refractivity contribution in [3.8, 4) is 5.75 Å². The van der Waals surface area contributed by atoms with Gasteiger partial charge in [-0.2, -0.15) is 0 Å². The summed E-state index contributed by atoms with van der Waals surface area (Å²) in [4.78, 5) is 28.6. The SMILES string of the molecule is Cc1ccc(CC(=O)NC23CC(NC(=O)COc4ccc(Cl)c(F)c4)(C2)C3)cn1. The summed E-state index contributed by atoms with van der Waals surface area (Å²) < 4.78 is 18.7. The minimum Gasteiger partial charge on any atom is -0.484 e. The molecule has 0 unspecified atom stereocenters. The zero-order chi connectivity index (χ0) is 20.6. The van der Waals surface area contributed by atoms with E-state index in [1.165, 1.54) is 12.1 Å². The Morgan fingerprint density at radius 2 is 1.83 bits per heavy atom. The standard InChI is InChI=1S/C21H21ClFN3O3/c1-13-2-3-14(8-24-13)6-18(27)25-20-10-21(11-20,12-20)26-19(28)9-29-15-4-5-16(22)17(23)7-15/h2-5,7-8H,6,9-12H2,1H3,(H,25,27)(H,26,28). The number of nitrogens with zero attached hydrogens (tertiary/aromatic N) is 1. The first-order chi connectivity index (χ1) is 13.8. The molecule has 1 heterocycles. The average Bonchev–Trinajstić information content (AvgIpc) is 2.62. The molecule has 6 nitrogen and oxygen atoms in total. The Balaban J connectivity index is 1.20. The van der Waals surface area contributed by atoms with Crippen LogP contribution in [0.15, 0.2) is 36.5 Å². The molecule has 0 atom stereocenters. The molecule has 152 valence electrons. The van der Waals surface area contributed by atoms with Gasteiger partial charge in [-0.25, -0.2) is 4.39 Å². The van der Waals surface area contributed by atoms with Gasteiger partial charge in [-0.3, -0.25) is 14.6 Å². The first-order valence-corrected chi connectivity index (χ1v) is 9.76. The van der Waals surface area contributed by atoms with E-state index in [1.807, 2.05) is 19.1 Å². The normalized spacial score (nSPS) is 24.1. The molecule has 0 spiro atoms. The second-order valence-corrected chi connectivity index (χ2v) is 8.44. The van der Waals surface area contributed by atoms with Crippen molar-refractivity contribution in [1.82, 2.24) is 15.6 Å². The maximum Gasteiger partial charge on any atom is 0.258 e. The van der Waals surface area contributed by atoms with E-state index in [1.54, 1.807) is 6.20 Å². The summed E-state index contributed by atoms with van der Waals surface area (Å²) in [6.45, 7) is 1.70. The van der Waals surface area contributed by atoms with Crippen LogP contribution in [0.3, 0.4) is 0 Å². The molecule has 5 rings (SSSR count). The molecule has 29 heavy (non-hydrogen) atoms. The lowest BCUT2D eigenvalue weighted by Gasteiger charge is -2.70. The van der Waals surface area contributed by atoms with Crippen molar-refractivity contribution in [3.05, 3.63) is 58.6 Å². The lowest BCUT2D eigenvalue weighted by Crippen LogP contribution is -2.84. The molecule has 1 aromatic heterocycles. The topological polar surface area (TPSA) is 80.3 Å². The number of aryl methyl sites for hydroxylation is 1. The van der Waals surface area contributed by atoms with Gasteiger partial charge in [-0.05, 0) is 49.9 Å². The van der Waals surface area contributed by atoms with Crippen LogP contribution in [0, 0.1) is 12.7 Å². The molecule has 1 aromatic carbocycles. The van der Waals surface area contributed by atoms with Crippen molar-refractivity contribution in [2.24, 2.45) is 0 Å². The molecule has 0 aliphatic heterocycles. The van der Waals surface area contributed by atoms with Crippen LogP contribution in [0.25, 0.3) is 0 Å². The maximum absolute atomic E-state index is 13.4. The van der Waals surface area contributed by atoms with Gasteiger partial charge in [0.1, 0.15) is 11.6 Å². The summed E-state index contributed by atoms with van der Waals surface area (Å²) in [6, 6.07) is 7.82. The molecule has 8 heteroatoms. The number of hydrogen-bond donors (Lipinski definition) is 2. The zero-order valence-corrected chi connectivity index (χ0v) is 16.7. The van der Waals surface area contributed by atoms with Crippen LogP contribution in [0.1, 0.15) is 30.5 Å². The summed E-state index contributed by atoms with van der Waals surface area (Å²) in [5, 5.41) is 6.05. The van der Waals surface area contributed by atoms with E-state index in [4.69, 9.17) is 16.3 Å². The number of ether oxygens (including phenoxy) is 1. The largest absolute Gasteiger partial charge is 0.484 e. The zero-order valence-electron chi connectivity index (χ0n) is 15.9. The molecule has 3 aliphatic carbocycles. The number of benzene rings is 1. The Kier molecular flexibility index (Phi) is 4.94. The first kappa shape index (κ1) is 19.6. The van der Waals surface area contributed by atoms with E-state index >= 15 is 0 Å². The van der Waals surface area contributed by atoms with Crippen molar-refractivity contribution in [2.75, 3.05) is 6.61 Å². The Hall–Kier alpha value is -2.67. The quantitative estimate of drug-likeness (QED) is 0.726. The maximum atomic E-state index is 13.4. The predicted octanol–water partition coefficient (Wildman–Crippen LogP) is 2.71. The van der Waals surface area contributed by atoms with E-state index in [0.717, 1.165) is 17.3 Å². The molecule has 3 fully saturated rings. The fraction of sp³-hybridized carbons (Fsp3) is 0.381. The molecule has 0 radical (unpaired) electrons. The predicted molar refractivity (Wildman–Crippen MR) is 105 cm³/mol. The van der Waals surface area contributed by atoms with Crippen molar-refractivity contribution in [2.45, 2.75) is 43.7 Å². The monoisotopic (exact) mass is 417 g/mol. The minimum atomic E-state index is -0.594. The lowest BCUT2D eigenvalue weighted by molar-refractivity contribution is -0.150. The van der Waals surface area contributed by atoms with Crippen LogP contribution < -0.4 is 15.4 Å². The van der Waals surface area contributed by atoms with Crippen molar-refractivity contribution < 1.29 is 18.7 Å². The van der Waals surface area contributed by atoms with Gasteiger partial charge in [0.2, 0.25) is 5.91 Å². The highest BCUT2D eigenvalue weighted by molar-refractivity contribution is 6.30. The number of aromatic nitrogens is 1. The molecule has 3 aliphatic rings. The molecule has 2 N–H and O–H groups in total. The van der Waals surface area contributed by atoms with Crippen molar-refractivity contribution in [3.63, 3.8) is 0 Å². The number of halogens is 2. The Morgan fingerprint density at radius 1 is 1.14 bits per heavy atom. The highest BCUT2D eigenvalue weighted by atomic mass is 35.5. The summed E-state index contributed by atoms with van der Waals surface area (Å²) in [5.74, 6) is -0.661. The molecular formula is C21H21ClFN3O3. The number of carbonyl (C=O) groups is 2. The van der Waals surface area contributed by atoms with Crippen LogP contribution in [0.5, 0.6) is 5.75 Å². The van der Waals surface area contributed by atoms with Gasteiger partial charge in [0.25, 0.3) is 5.91 Å². The lowest BCUT2D eigenvalue weighted by atomic mass is 9.44. The van der Waals surface area contributed by atoms with E-state index in [9.17, 15) is 14.0 Å². The Labute approximate surface area is 172 Å². The van der Waals surface area contributed by atoms with Crippen LogP contribution in [-0.2, 0) is 16.0 Å². The summed E-state index contributed by atoms with van der Waals surface area (Å²) in [6.07, 6.45) is 4.13. The van der Waals surface area contributed by atoms with Crippen LogP contribution in [0.2, 0.25) is 5.02 Å². The summed E-state index contributed by atoms with van der Waals surface area (Å²) >= 11 is 5.62. The molecule has 2 amide bonds. The fourth-order valence-corrected chi connectivity index (χ4v) is 4.35. The van der Waals surface area contributed by atoms with E-state index in [2.05, 4.69) is 15.6 Å². The number of carbonyl (C=O) groups excluding carboxylic acids is 2. The van der Waals surface area contributed by atoms with Gasteiger partial charge in [0.05, 0.1) is 11.4 Å². The van der Waals surface area contributed by atoms with Crippen molar-refractivity contribution >= 4 is 23.4 Å². The van der Waals surface area contributed by atoms with Gasteiger partial charge in [0, 0.05) is 29.0 Å². The second kappa shape index (κ2) is 7.30. The van der Waals surface area contributed by atoms with E-state index in [-0.39, 0.29) is 40.3 Å². The molecule has 2 aromatic rings. The fourth-order valence-electron chi connectivity index (χ4n) is 4.23. The van der Waals surface area contributed by atoms with Crippen LogP contribution in [-0.4, -0.2) is 34.5 Å². The molecule has 0 saturated heterocycles. The van der Waals surface area contributed by atoms with Gasteiger partial charge in [0.15, 0.2) is 6.61 Å². The third-order valence-electron chi connectivity index (χ3n) is 5.44. The minimum absolute atomic E-state index is 0.00153. The summed E-state index contributed by atoms with van der Waals surface area (Å²) in [5.41, 5.74) is 1.29. The smallest absolute Gasteiger partial charge is 0.258 e. The number of hydrogen-bond acceptors (Lipinski definition) is 4. The highest BCUT2D eigenvalue weighted by Crippen LogP contribution is 2.60. The van der Waals surface area contributed by atoms with E-state index < -0.39 is 5.82 Å². The number of amides is 2. The van der Waals surface area contributed by atoms with Gasteiger partial charge in [-0.1, -0.05) is 17.7 Å². The number of pyridine rings is 1. The Bertz CT molecular complexity index is 944. The average molecular weight is 418 g/mol. The summed E-state index contributed by atoms with van der Waals surface area (Å²) in [7, 11) is 0. The number of rotatable bonds is 7. The van der Waals surface area contributed by atoms with Gasteiger partial charge < -0.3 is 15.4 Å². The third kappa shape index (κ3) is 4.19. The number of nitrogens with one attached hydrogen (secondary N) is 2. The highest BCUT2D eigenvalue weighted by Gasteiger charge is 2.69. The molecule has 2 bridgehead atoms.